The number of ether oxygens (including phenoxy) is 1. The number of methoxy groups -OCH3 is 1. The second kappa shape index (κ2) is 13.1. The van der Waals surface area contributed by atoms with E-state index in [2.05, 4.69) is 35.5 Å². The summed E-state index contributed by atoms with van der Waals surface area (Å²) >= 11 is 0. The van der Waals surface area contributed by atoms with Gasteiger partial charge in [0.2, 0.25) is 0 Å². The molecular weight excluding hydrogens is 391 g/mol. The minimum absolute atomic E-state index is 0. The van der Waals surface area contributed by atoms with Gasteiger partial charge in [0.05, 0.1) is 25.2 Å². The number of nitrogens with two attached hydrogens (primary N) is 2. The van der Waals surface area contributed by atoms with Gasteiger partial charge in [0.15, 0.2) is 0 Å². The van der Waals surface area contributed by atoms with E-state index in [-0.39, 0.29) is 41.2 Å². The summed E-state index contributed by atoms with van der Waals surface area (Å²) in [4.78, 5) is 19.7. The average molecular weight is 418 g/mol. The Hall–Kier alpha value is -2.29. The molecule has 0 aliphatic heterocycles. The normalized spacial score (nSPS) is 14.3. The molecule has 0 bridgehead atoms. The maximum absolute atomic E-state index is 11.8. The zero-order valence-corrected chi connectivity index (χ0v) is 19.5. The molecule has 1 atom stereocenters. The van der Waals surface area contributed by atoms with Gasteiger partial charge in [0.25, 0.3) is 5.56 Å². The summed E-state index contributed by atoms with van der Waals surface area (Å²) in [6.07, 6.45) is 10.0. The number of hydrogen-bond acceptors (Lipinski definition) is 6. The second-order valence-corrected chi connectivity index (χ2v) is 6.47. The van der Waals surface area contributed by atoms with Crippen LogP contribution in [0.1, 0.15) is 19.3 Å². The van der Waals surface area contributed by atoms with E-state index in [0.29, 0.717) is 29.6 Å². The van der Waals surface area contributed by atoms with Crippen LogP contribution in [0.4, 0.5) is 5.82 Å². The number of nitrogens with zero attached hydrogens (tertiary/aromatic N) is 3. The smallest absolute Gasteiger partial charge is 0.495 e. The van der Waals surface area contributed by atoms with Gasteiger partial charge in [-0.3, -0.25) is 9.36 Å². The largest absolute Gasteiger partial charge is 1.00 e. The van der Waals surface area contributed by atoms with E-state index in [1.54, 1.807) is 37.8 Å². The second-order valence-electron chi connectivity index (χ2n) is 6.47. The van der Waals surface area contributed by atoms with E-state index in [1.807, 2.05) is 6.07 Å². The van der Waals surface area contributed by atoms with Crippen LogP contribution in [0.25, 0.3) is 5.69 Å². The van der Waals surface area contributed by atoms with Crippen molar-refractivity contribution in [2.75, 3.05) is 12.4 Å². The van der Waals surface area contributed by atoms with Crippen LogP contribution >= 0.6 is 0 Å². The molecule has 8 nitrogen and oxygen atoms in total. The van der Waals surface area contributed by atoms with Gasteiger partial charge in [-0.15, -0.1) is 12.2 Å². The monoisotopic (exact) mass is 418 g/mol. The summed E-state index contributed by atoms with van der Waals surface area (Å²) in [5.74, 6) is 1.89. The van der Waals surface area contributed by atoms with Crippen LogP contribution < -0.4 is 56.6 Å². The molecule has 1 aliphatic rings. The summed E-state index contributed by atoms with van der Waals surface area (Å²) in [6.45, 7) is 7.65. The number of anilines is 1. The minimum atomic E-state index is -0.138. The molecule has 0 amide bonds. The minimum Gasteiger partial charge on any atom is -0.495 e. The van der Waals surface area contributed by atoms with Gasteiger partial charge >= 0.3 is 29.6 Å². The first-order valence-electron chi connectivity index (χ1n) is 9.21. The van der Waals surface area contributed by atoms with Crippen molar-refractivity contribution >= 4 is 12.2 Å². The first kappa shape index (κ1) is 25.7. The van der Waals surface area contributed by atoms with Crippen molar-refractivity contribution in [3.8, 4) is 11.4 Å². The molecule has 0 radical (unpaired) electrons. The van der Waals surface area contributed by atoms with E-state index in [1.165, 1.54) is 23.5 Å². The van der Waals surface area contributed by atoms with Crippen molar-refractivity contribution in [1.29, 1.82) is 0 Å². The first-order chi connectivity index (χ1) is 14.0. The number of aromatic nitrogens is 2. The van der Waals surface area contributed by atoms with Gasteiger partial charge in [0.1, 0.15) is 11.6 Å². The zero-order chi connectivity index (χ0) is 21.2. The van der Waals surface area contributed by atoms with Crippen molar-refractivity contribution in [2.45, 2.75) is 25.3 Å². The van der Waals surface area contributed by atoms with Crippen LogP contribution in [0.2, 0.25) is 0 Å². The Morgan fingerprint density at radius 2 is 2.20 bits per heavy atom. The third-order valence-corrected chi connectivity index (χ3v) is 4.18. The van der Waals surface area contributed by atoms with Crippen molar-refractivity contribution in [2.24, 2.45) is 22.4 Å². The van der Waals surface area contributed by atoms with Gasteiger partial charge in [-0.25, -0.2) is 4.98 Å². The molecule has 1 fully saturated rings. The third kappa shape index (κ3) is 8.22. The Balaban J connectivity index is 0.000000379. The Bertz CT molecular complexity index is 891. The molecule has 0 saturated heterocycles. The SMILES string of the molecule is N[C-]=N/C=C(\N)C1CC1.[CH2-]CC([CH2-])Nc1ccc(-n2cc(OC)ccc2=O)cn1.[Na+]. The van der Waals surface area contributed by atoms with Crippen LogP contribution in [-0.2, 0) is 0 Å². The van der Waals surface area contributed by atoms with Crippen LogP contribution in [-0.4, -0.2) is 29.0 Å². The molecule has 2 heterocycles. The van der Waals surface area contributed by atoms with Crippen LogP contribution in [0, 0.1) is 19.8 Å². The van der Waals surface area contributed by atoms with Crippen molar-refractivity contribution in [1.82, 2.24) is 9.55 Å². The molecule has 2 aromatic rings. The van der Waals surface area contributed by atoms with Gasteiger partial charge in [0, 0.05) is 6.07 Å². The van der Waals surface area contributed by atoms with E-state index < -0.39 is 0 Å². The summed E-state index contributed by atoms with van der Waals surface area (Å²) in [5.41, 5.74) is 11.8. The maximum Gasteiger partial charge on any atom is 1.00 e. The standard InChI is InChI=1S/C15H17N3O2.C6H10N3.Na/c1-4-11(2)17-14-7-5-12(9-16-14)18-10-13(20-3)6-8-15(18)19;7-4-9-3-6(8)5-1-2-5;/h5-11H,1-2,4H2,3H3,(H,16,17);3,5H,1-2,8H2,(H2,7,9);/q-2;-1;+1/b;6-3-;. The summed E-state index contributed by atoms with van der Waals surface area (Å²) in [6, 6.07) is 6.71. The molecule has 30 heavy (non-hydrogen) atoms. The van der Waals surface area contributed by atoms with E-state index in [0.717, 1.165) is 5.70 Å². The Morgan fingerprint density at radius 1 is 1.47 bits per heavy atom. The molecule has 3 rings (SSSR count). The third-order valence-electron chi connectivity index (χ3n) is 4.18. The number of allylic oxidation sites excluding steroid dienone is 1. The summed E-state index contributed by atoms with van der Waals surface area (Å²) < 4.78 is 6.60. The summed E-state index contributed by atoms with van der Waals surface area (Å²) in [5, 5.41) is 3.11. The predicted octanol–water partition coefficient (Wildman–Crippen LogP) is -0.856. The number of nitrogens with one attached hydrogen (secondary N) is 1. The zero-order valence-electron chi connectivity index (χ0n) is 17.5. The molecular formula is C21H27N6NaO2-2. The van der Waals surface area contributed by atoms with Crippen LogP contribution in [0.5, 0.6) is 5.75 Å². The quantitative estimate of drug-likeness (QED) is 0.177. The average Bonchev–Trinajstić information content (AvgIpc) is 3.59. The molecule has 2 aromatic heterocycles. The van der Waals surface area contributed by atoms with Crippen molar-refractivity contribution < 1.29 is 34.3 Å². The molecule has 0 aromatic carbocycles. The molecule has 156 valence electrons. The molecule has 1 aliphatic carbocycles. The fraction of sp³-hybridized carbons (Fsp3) is 0.286. The predicted molar refractivity (Wildman–Crippen MR) is 116 cm³/mol. The molecule has 5 N–H and O–H groups in total. The topological polar surface area (TPSA) is 121 Å². The fourth-order valence-corrected chi connectivity index (χ4v) is 2.32. The number of pyridine rings is 2. The molecule has 1 saturated carbocycles. The van der Waals surface area contributed by atoms with E-state index in [4.69, 9.17) is 16.2 Å². The Morgan fingerprint density at radius 3 is 2.73 bits per heavy atom. The van der Waals surface area contributed by atoms with Crippen molar-refractivity contribution in [3.63, 3.8) is 0 Å². The van der Waals surface area contributed by atoms with Crippen molar-refractivity contribution in [3.05, 3.63) is 72.8 Å². The van der Waals surface area contributed by atoms with E-state index in [9.17, 15) is 4.79 Å². The number of aliphatic imine (C=N–C) groups is 1. The fourth-order valence-electron chi connectivity index (χ4n) is 2.32. The van der Waals surface area contributed by atoms with Crippen LogP contribution in [0.15, 0.2) is 58.3 Å². The molecule has 1 unspecified atom stereocenters. The van der Waals surface area contributed by atoms with Crippen LogP contribution in [0.3, 0.4) is 0 Å². The molecule has 9 heteroatoms. The molecule has 0 spiro atoms. The summed E-state index contributed by atoms with van der Waals surface area (Å²) in [7, 11) is 1.56. The van der Waals surface area contributed by atoms with E-state index >= 15 is 0 Å². The Labute approximate surface area is 199 Å². The van der Waals surface area contributed by atoms with Gasteiger partial charge in [-0.1, -0.05) is 12.0 Å². The maximum atomic E-state index is 11.8. The Kier molecular flexibility index (Phi) is 11.2. The first-order valence-corrected chi connectivity index (χ1v) is 9.21. The number of rotatable bonds is 7. The van der Waals surface area contributed by atoms with Gasteiger partial charge < -0.3 is 40.4 Å². The van der Waals surface area contributed by atoms with Gasteiger partial charge in [-0.2, -0.15) is 6.42 Å². The van der Waals surface area contributed by atoms with Gasteiger partial charge in [-0.05, 0) is 37.0 Å². The number of hydrogen-bond donors (Lipinski definition) is 3.